The van der Waals surface area contributed by atoms with E-state index in [1.54, 1.807) is 18.8 Å². The first-order chi connectivity index (χ1) is 16.8. The van der Waals surface area contributed by atoms with Crippen LogP contribution >= 0.6 is 9.42 Å². The Kier molecular flexibility index (Phi) is 25.3. The first-order valence-corrected chi connectivity index (χ1v) is 14.7. The fourth-order valence-corrected chi connectivity index (χ4v) is 3.99. The standard InChI is InChI=1S/C13H9N.C9H19NO2.C6H12O2.CH4.ClH.2H2N.Pt/c1-2-6-11-10(5-1)9-14-13-8-4-3-7-12(11)13;1-8(2,3)6-9(4,5)10-7(11)12;1-2-3-4-5-6(7)8;;;;;/h1-9H;10H,6H2,1-5H3,(H,11,12);2-5H2,1H3,(H,7,8);1H4;1H;2*1H2;/q;;;;;2*-1;+1/p-1. The fraction of sp³-hybridized carbons (Fsp3) is 0.483. The predicted molar refractivity (Wildman–Crippen MR) is 163 cm³/mol. The third-order valence-corrected chi connectivity index (χ3v) is 4.91. The van der Waals surface area contributed by atoms with Gasteiger partial charge >= 0.3 is 40.3 Å². The van der Waals surface area contributed by atoms with Crippen molar-refractivity contribution in [2.75, 3.05) is 0 Å². The van der Waals surface area contributed by atoms with Gasteiger partial charge in [0.25, 0.3) is 0 Å². The van der Waals surface area contributed by atoms with Gasteiger partial charge in [-0.15, -0.1) is 0 Å². The zero-order valence-electron chi connectivity index (χ0n) is 23.2. The molecule has 0 saturated heterocycles. The van der Waals surface area contributed by atoms with Crippen molar-refractivity contribution >= 4 is 43.2 Å². The third-order valence-electron chi connectivity index (χ3n) is 4.91. The quantitative estimate of drug-likeness (QED) is 0.168. The number of amides is 1. The molecule has 0 aliphatic rings. The van der Waals surface area contributed by atoms with Crippen LogP contribution in [-0.2, 0) is 23.6 Å². The molecule has 0 radical (unpaired) electrons. The van der Waals surface area contributed by atoms with E-state index >= 15 is 0 Å². The van der Waals surface area contributed by atoms with Crippen molar-refractivity contribution in [3.63, 3.8) is 0 Å². The van der Waals surface area contributed by atoms with Crippen LogP contribution in [-0.4, -0.2) is 32.8 Å². The minimum absolute atomic E-state index is 0. The van der Waals surface area contributed by atoms with Crippen LogP contribution in [0, 0.1) is 5.41 Å². The Morgan fingerprint density at radius 3 is 1.90 bits per heavy atom. The summed E-state index contributed by atoms with van der Waals surface area (Å²) in [5, 5.41) is 22.9. The minimum Gasteiger partial charge on any atom is -0.693 e. The third kappa shape index (κ3) is 20.3. The van der Waals surface area contributed by atoms with Crippen molar-refractivity contribution < 1.29 is 38.6 Å². The molecular formula is C29H48ClN4O4Pt-2. The van der Waals surface area contributed by atoms with E-state index in [-0.39, 0.29) is 30.7 Å². The van der Waals surface area contributed by atoms with E-state index in [1.165, 1.54) is 16.2 Å². The van der Waals surface area contributed by atoms with Gasteiger partial charge in [-0.3, -0.25) is 9.78 Å². The smallest absolute Gasteiger partial charge is 0.0708 e. The van der Waals surface area contributed by atoms with Gasteiger partial charge in [0.15, 0.2) is 0 Å². The van der Waals surface area contributed by atoms with Crippen LogP contribution in [0.5, 0.6) is 0 Å². The molecule has 0 aliphatic heterocycles. The summed E-state index contributed by atoms with van der Waals surface area (Å²) in [5.41, 5.74) is 0.863. The number of hydrogen-bond donors (Lipinski definition) is 3. The van der Waals surface area contributed by atoms with Gasteiger partial charge in [0.05, 0.1) is 5.52 Å². The number of fused-ring (bicyclic) bond motifs is 3. The largest absolute Gasteiger partial charge is 0.693 e. The molecule has 0 atom stereocenters. The molecule has 39 heavy (non-hydrogen) atoms. The minimum atomic E-state index is -0.954. The second-order valence-corrected chi connectivity index (χ2v) is 10.3. The zero-order valence-corrected chi connectivity index (χ0v) is 26.3. The first-order valence-electron chi connectivity index (χ1n) is 11.9. The Morgan fingerprint density at radius 2 is 1.41 bits per heavy atom. The summed E-state index contributed by atoms with van der Waals surface area (Å²) < 4.78 is 0. The first kappa shape index (κ1) is 43.8. The van der Waals surface area contributed by atoms with Gasteiger partial charge in [-0.05, 0) is 43.6 Å². The van der Waals surface area contributed by atoms with Crippen LogP contribution in [0.4, 0.5) is 4.79 Å². The summed E-state index contributed by atoms with van der Waals surface area (Å²) in [5.74, 6) is -0.682. The number of hydrogen-bond acceptors (Lipinski definition) is 3. The molecule has 227 valence electrons. The summed E-state index contributed by atoms with van der Waals surface area (Å²) in [4.78, 5) is 24.7. The van der Waals surface area contributed by atoms with Crippen LogP contribution in [0.1, 0.15) is 81.1 Å². The van der Waals surface area contributed by atoms with E-state index < -0.39 is 12.1 Å². The number of benzene rings is 2. The Hall–Kier alpha value is -2.25. The van der Waals surface area contributed by atoms with E-state index in [0.29, 0.717) is 6.42 Å². The number of halogens is 1. The fourth-order valence-electron chi connectivity index (χ4n) is 3.99. The number of nitrogens with one attached hydrogen (secondary N) is 1. The Morgan fingerprint density at radius 1 is 0.897 bits per heavy atom. The normalized spacial score (nSPS) is 9.87. The molecular weight excluding hydrogens is 699 g/mol. The molecule has 0 spiro atoms. The van der Waals surface area contributed by atoms with E-state index in [2.05, 4.69) is 77.7 Å². The Balaban J connectivity index is -0.000000228. The van der Waals surface area contributed by atoms with Gasteiger partial charge in [0.2, 0.25) is 0 Å². The molecule has 1 amide bonds. The number of pyridine rings is 1. The van der Waals surface area contributed by atoms with Gasteiger partial charge in [0, 0.05) is 28.9 Å². The molecule has 1 heterocycles. The van der Waals surface area contributed by atoms with E-state index in [0.717, 1.165) is 31.2 Å². The molecule has 0 unspecified atom stereocenters. The molecule has 0 bridgehead atoms. The van der Waals surface area contributed by atoms with Crippen LogP contribution in [0.25, 0.3) is 34.0 Å². The maximum absolute atomic E-state index is 10.4. The van der Waals surface area contributed by atoms with Crippen LogP contribution in [0.2, 0.25) is 0 Å². The van der Waals surface area contributed by atoms with Crippen molar-refractivity contribution in [2.45, 2.75) is 86.6 Å². The number of carboxylic acid groups (broad SMARTS) is 2. The number of aromatic nitrogens is 1. The second kappa shape index (κ2) is 22.6. The number of para-hydroxylation sites is 1. The molecule has 2 aromatic carbocycles. The van der Waals surface area contributed by atoms with Crippen molar-refractivity contribution in [3.8, 4) is 0 Å². The molecule has 3 aromatic rings. The second-order valence-electron chi connectivity index (χ2n) is 10.3. The average Bonchev–Trinajstić information content (AvgIpc) is 2.79. The molecule has 3 rings (SSSR count). The van der Waals surface area contributed by atoms with E-state index in [9.17, 15) is 9.59 Å². The van der Waals surface area contributed by atoms with Gasteiger partial charge in [0.1, 0.15) is 0 Å². The Labute approximate surface area is 250 Å². The van der Waals surface area contributed by atoms with Crippen LogP contribution in [0.3, 0.4) is 0 Å². The van der Waals surface area contributed by atoms with Crippen molar-refractivity contribution in [1.29, 1.82) is 0 Å². The number of nitrogens with two attached hydrogens (primary N) is 2. The maximum atomic E-state index is 10.4. The molecule has 10 heteroatoms. The summed E-state index contributed by atoms with van der Waals surface area (Å²) in [6.45, 7) is 12.1. The van der Waals surface area contributed by atoms with Crippen LogP contribution in [0.15, 0.2) is 54.7 Å². The molecule has 8 nitrogen and oxygen atoms in total. The van der Waals surface area contributed by atoms with Crippen molar-refractivity contribution in [2.24, 2.45) is 5.41 Å². The predicted octanol–water partition coefficient (Wildman–Crippen LogP) is 10.3. The monoisotopic (exact) mass is 746 g/mol. The molecule has 1 aromatic heterocycles. The molecule has 7 N–H and O–H groups in total. The average molecular weight is 747 g/mol. The summed E-state index contributed by atoms with van der Waals surface area (Å²) in [6.07, 6.45) is 5.08. The van der Waals surface area contributed by atoms with Gasteiger partial charge in [-0.2, -0.15) is 0 Å². The molecule has 0 fully saturated rings. The van der Waals surface area contributed by atoms with E-state index in [4.69, 9.17) is 10.2 Å². The van der Waals surface area contributed by atoms with Gasteiger partial charge in [-0.25, -0.2) is 4.79 Å². The molecule has 0 aliphatic carbocycles. The number of carbonyl (C=O) groups is 2. The van der Waals surface area contributed by atoms with E-state index in [1.807, 2.05) is 38.2 Å². The van der Waals surface area contributed by atoms with Gasteiger partial charge in [-0.1, -0.05) is 90.4 Å². The SMILES string of the molecule is C.CC(C)(C)CC(C)(C)NC(=O)O.CCCCCC(=O)O.[Cl][Pt].[NH2-].[NH2-].c1ccc2c(c1)cnc1ccccc12. The van der Waals surface area contributed by atoms with Crippen molar-refractivity contribution in [3.05, 3.63) is 67.0 Å². The number of nitrogens with zero attached hydrogens (tertiary/aromatic N) is 1. The van der Waals surface area contributed by atoms with Gasteiger partial charge < -0.3 is 27.8 Å². The maximum Gasteiger partial charge on any atom is 0.0708 e. The number of unbranched alkanes of at least 4 members (excludes halogenated alkanes) is 2. The topological polar surface area (TPSA) is 167 Å². The zero-order chi connectivity index (χ0) is 27.8. The number of rotatable bonds is 6. The Bertz CT molecular complexity index is 1020. The van der Waals surface area contributed by atoms with Crippen molar-refractivity contribution in [1.82, 2.24) is 10.3 Å². The summed E-state index contributed by atoms with van der Waals surface area (Å²) >= 11 is 1.61. The number of aliphatic carboxylic acids is 1. The number of carboxylic acids is 1. The summed E-state index contributed by atoms with van der Waals surface area (Å²) in [6, 6.07) is 16.6. The summed E-state index contributed by atoms with van der Waals surface area (Å²) in [7, 11) is 4.61. The molecule has 0 saturated carbocycles. The van der Waals surface area contributed by atoms with Crippen LogP contribution < -0.4 is 5.32 Å².